The Morgan fingerprint density at radius 3 is 2.50 bits per heavy atom. The fourth-order valence-electron chi connectivity index (χ4n) is 2.32. The van der Waals surface area contributed by atoms with Gasteiger partial charge < -0.3 is 15.7 Å². The van der Waals surface area contributed by atoms with Crippen LogP contribution in [-0.4, -0.2) is 28.9 Å². The summed E-state index contributed by atoms with van der Waals surface area (Å²) in [5.41, 5.74) is 5.79. The predicted molar refractivity (Wildman–Crippen MR) is 64.1 cm³/mol. The summed E-state index contributed by atoms with van der Waals surface area (Å²) in [4.78, 5) is 9.41. The largest absolute Gasteiger partial charge is 0.380 e. The molecule has 0 amide bonds. The number of nitrogens with one attached hydrogen (secondary N) is 1. The second kappa shape index (κ2) is 6.12. The van der Waals surface area contributed by atoms with E-state index in [1.807, 2.05) is 0 Å². The second-order valence-corrected chi connectivity index (χ2v) is 6.89. The van der Waals surface area contributed by atoms with Gasteiger partial charge in [-0.15, -0.1) is 0 Å². The molecule has 5 N–H and O–H groups in total. The smallest absolute Gasteiger partial charge is 0.296 e. The highest BCUT2D eigenvalue weighted by Gasteiger charge is 2.34. The Morgan fingerprint density at radius 2 is 2.00 bits per heavy atom. The average molecular weight is 250 g/mol. The van der Waals surface area contributed by atoms with Gasteiger partial charge in [-0.3, -0.25) is 4.57 Å². The van der Waals surface area contributed by atoms with Crippen molar-refractivity contribution in [2.24, 2.45) is 11.7 Å². The molecule has 0 heterocycles. The van der Waals surface area contributed by atoms with Crippen molar-refractivity contribution >= 4 is 7.52 Å². The first-order valence-corrected chi connectivity index (χ1v) is 7.65. The number of nitrogens with two attached hydrogens (primary N) is 1. The van der Waals surface area contributed by atoms with Crippen molar-refractivity contribution in [3.05, 3.63) is 0 Å². The lowest BCUT2D eigenvalue weighted by Gasteiger charge is -2.28. The van der Waals surface area contributed by atoms with Crippen LogP contribution >= 0.6 is 7.52 Å². The zero-order valence-electron chi connectivity index (χ0n) is 9.80. The minimum atomic E-state index is -3.71. The van der Waals surface area contributed by atoms with Crippen molar-refractivity contribution in [1.82, 2.24) is 5.09 Å². The number of hydrogen-bond acceptors (Lipinski definition) is 3. The van der Waals surface area contributed by atoms with Gasteiger partial charge in [0, 0.05) is 6.04 Å². The molecule has 0 aromatic rings. The van der Waals surface area contributed by atoms with Crippen LogP contribution in [0.1, 0.15) is 38.5 Å². The van der Waals surface area contributed by atoms with Gasteiger partial charge >= 0.3 is 0 Å². The van der Waals surface area contributed by atoms with Gasteiger partial charge in [0.2, 0.25) is 0 Å². The van der Waals surface area contributed by atoms with E-state index in [2.05, 4.69) is 5.09 Å². The molecule has 1 saturated carbocycles. The van der Waals surface area contributed by atoms with Crippen molar-refractivity contribution in [2.75, 3.05) is 7.05 Å². The molecule has 0 aromatic carbocycles. The van der Waals surface area contributed by atoms with Crippen molar-refractivity contribution in [2.45, 2.75) is 50.4 Å². The van der Waals surface area contributed by atoms with Crippen molar-refractivity contribution in [1.29, 1.82) is 0 Å². The van der Waals surface area contributed by atoms with E-state index in [4.69, 9.17) is 5.73 Å². The van der Waals surface area contributed by atoms with Crippen LogP contribution in [0.5, 0.6) is 0 Å². The number of aliphatic hydroxyl groups excluding tert-OH is 1. The minimum Gasteiger partial charge on any atom is -0.380 e. The molecule has 0 radical (unpaired) electrons. The zero-order valence-corrected chi connectivity index (χ0v) is 10.7. The van der Waals surface area contributed by atoms with E-state index >= 15 is 0 Å². The van der Waals surface area contributed by atoms with Gasteiger partial charge in [-0.25, -0.2) is 5.09 Å². The van der Waals surface area contributed by atoms with Crippen LogP contribution in [0, 0.1) is 5.92 Å². The Kier molecular flexibility index (Phi) is 5.41. The fourth-order valence-corrected chi connectivity index (χ4v) is 3.23. The monoisotopic (exact) mass is 250 g/mol. The third kappa shape index (κ3) is 3.82. The van der Waals surface area contributed by atoms with Gasteiger partial charge in [-0.1, -0.05) is 32.1 Å². The van der Waals surface area contributed by atoms with E-state index in [9.17, 15) is 14.6 Å². The van der Waals surface area contributed by atoms with E-state index in [-0.39, 0.29) is 0 Å². The van der Waals surface area contributed by atoms with Crippen LogP contribution in [0.2, 0.25) is 0 Å². The third-order valence-corrected chi connectivity index (χ3v) is 5.13. The maximum absolute atomic E-state index is 11.5. The molecular formula is C10H23N2O3P. The van der Waals surface area contributed by atoms with Crippen molar-refractivity contribution in [3.63, 3.8) is 0 Å². The van der Waals surface area contributed by atoms with Gasteiger partial charge in [-0.05, 0) is 19.4 Å². The molecule has 16 heavy (non-hydrogen) atoms. The van der Waals surface area contributed by atoms with Gasteiger partial charge in [0.15, 0.2) is 5.85 Å². The molecule has 0 bridgehead atoms. The molecule has 1 aliphatic rings. The minimum absolute atomic E-state index is 0.496. The first-order valence-electron chi connectivity index (χ1n) is 5.92. The molecule has 96 valence electrons. The Labute approximate surface area is 96.9 Å². The number of aliphatic hydroxyl groups is 1. The lowest BCUT2D eigenvalue weighted by atomic mass is 9.85. The molecule has 6 heteroatoms. The highest BCUT2D eigenvalue weighted by Crippen LogP contribution is 2.42. The SMILES string of the molecule is CNP(=O)(O)C(O)[C@@H](N)CC1CCCCC1. The summed E-state index contributed by atoms with van der Waals surface area (Å²) >= 11 is 0. The van der Waals surface area contributed by atoms with Crippen molar-refractivity contribution in [3.8, 4) is 0 Å². The molecule has 0 aromatic heterocycles. The van der Waals surface area contributed by atoms with E-state index in [1.165, 1.54) is 26.3 Å². The first kappa shape index (κ1) is 14.1. The van der Waals surface area contributed by atoms with E-state index < -0.39 is 19.4 Å². The Hall–Kier alpha value is 0.0700. The van der Waals surface area contributed by atoms with Crippen LogP contribution in [0.3, 0.4) is 0 Å². The van der Waals surface area contributed by atoms with Crippen LogP contribution in [0.15, 0.2) is 0 Å². The summed E-state index contributed by atoms with van der Waals surface area (Å²) in [5, 5.41) is 11.9. The summed E-state index contributed by atoms with van der Waals surface area (Å²) in [7, 11) is -2.35. The van der Waals surface area contributed by atoms with Crippen molar-refractivity contribution < 1.29 is 14.6 Å². The molecule has 0 spiro atoms. The maximum atomic E-state index is 11.5. The highest BCUT2D eigenvalue weighted by molar-refractivity contribution is 7.56. The summed E-state index contributed by atoms with van der Waals surface area (Å²) < 4.78 is 11.5. The zero-order chi connectivity index (χ0) is 12.2. The van der Waals surface area contributed by atoms with Crippen LogP contribution < -0.4 is 10.8 Å². The molecule has 1 fully saturated rings. The van der Waals surface area contributed by atoms with Gasteiger partial charge in [0.1, 0.15) is 0 Å². The molecule has 5 nitrogen and oxygen atoms in total. The molecular weight excluding hydrogens is 227 g/mol. The summed E-state index contributed by atoms with van der Waals surface area (Å²) in [6.07, 6.45) is 6.55. The molecule has 2 unspecified atom stereocenters. The summed E-state index contributed by atoms with van der Waals surface area (Å²) in [6, 6.07) is -0.619. The second-order valence-electron chi connectivity index (χ2n) is 4.66. The molecule has 0 aliphatic heterocycles. The average Bonchev–Trinajstić information content (AvgIpc) is 2.29. The topological polar surface area (TPSA) is 95.6 Å². The van der Waals surface area contributed by atoms with Gasteiger partial charge in [-0.2, -0.15) is 0 Å². The van der Waals surface area contributed by atoms with E-state index in [1.54, 1.807) is 0 Å². The standard InChI is InChI=1S/C10H23N2O3P/c1-12-16(14,15)10(13)9(11)7-8-5-3-2-4-6-8/h8-10,13H,2-7,11H2,1H3,(H2,12,14,15)/t9-,10?/m0/s1. The third-order valence-electron chi connectivity index (χ3n) is 3.39. The lowest BCUT2D eigenvalue weighted by Crippen LogP contribution is -2.38. The fraction of sp³-hybridized carbons (Fsp3) is 1.00. The van der Waals surface area contributed by atoms with Crippen LogP contribution in [0.25, 0.3) is 0 Å². The Bertz CT molecular complexity index is 256. The summed E-state index contributed by atoms with van der Waals surface area (Å²) in [5.74, 6) is -0.866. The van der Waals surface area contributed by atoms with E-state index in [0.717, 1.165) is 12.8 Å². The van der Waals surface area contributed by atoms with E-state index in [0.29, 0.717) is 12.3 Å². The Morgan fingerprint density at radius 1 is 1.44 bits per heavy atom. The van der Waals surface area contributed by atoms with Gasteiger partial charge in [0.05, 0.1) is 0 Å². The normalized spacial score (nSPS) is 26.0. The highest BCUT2D eigenvalue weighted by atomic mass is 31.2. The molecule has 0 saturated heterocycles. The predicted octanol–water partition coefficient (Wildman–Crippen LogP) is 1.01. The first-order chi connectivity index (χ1) is 7.47. The number of hydrogen-bond donors (Lipinski definition) is 4. The van der Waals surface area contributed by atoms with Gasteiger partial charge in [0.25, 0.3) is 7.52 Å². The molecule has 3 atom stereocenters. The maximum Gasteiger partial charge on any atom is 0.296 e. The quantitative estimate of drug-likeness (QED) is 0.546. The van der Waals surface area contributed by atoms with Crippen LogP contribution in [0.4, 0.5) is 0 Å². The summed E-state index contributed by atoms with van der Waals surface area (Å²) in [6.45, 7) is 0. The van der Waals surface area contributed by atoms with Crippen LogP contribution in [-0.2, 0) is 4.57 Å². The Balaban J connectivity index is 2.44. The number of rotatable bonds is 5. The molecule has 1 rings (SSSR count). The lowest BCUT2D eigenvalue weighted by molar-refractivity contribution is 0.175. The molecule has 1 aliphatic carbocycles.